The van der Waals surface area contributed by atoms with Crippen LogP contribution < -0.4 is 0 Å². The van der Waals surface area contributed by atoms with Gasteiger partial charge in [-0.05, 0) is 60.7 Å². The monoisotopic (exact) mass is 374 g/mol. The summed E-state index contributed by atoms with van der Waals surface area (Å²) in [5, 5.41) is 0. The fourth-order valence-electron chi connectivity index (χ4n) is 3.77. The molecule has 0 radical (unpaired) electrons. The zero-order valence-electron chi connectivity index (χ0n) is 16.0. The molecule has 1 saturated heterocycles. The third-order valence-electron chi connectivity index (χ3n) is 5.29. The molecule has 4 rings (SSSR count). The second-order valence-electron chi connectivity index (χ2n) is 7.40. The van der Waals surface area contributed by atoms with Crippen LogP contribution in [-0.4, -0.2) is 35.1 Å². The van der Waals surface area contributed by atoms with Crippen LogP contribution in [0.2, 0.25) is 0 Å². The summed E-state index contributed by atoms with van der Waals surface area (Å²) < 4.78 is 7.95. The lowest BCUT2D eigenvalue weighted by molar-refractivity contribution is 0.0425. The standard InChI is InChI=1S/C24H26N2O2/c27-24(22-10-12-23(13-11-22)25-14-4-5-15-25)26-16-6-9-21(17-26)19-28-18-20-7-2-1-3-8-20/h1-5,7-8,10-15,21H,6,9,16-19H2. The molecule has 0 N–H and O–H groups in total. The van der Waals surface area contributed by atoms with Crippen molar-refractivity contribution in [1.82, 2.24) is 9.47 Å². The SMILES string of the molecule is O=C(c1ccc(-n2cccc2)cc1)N1CCCC(COCc2ccccc2)C1. The molecule has 1 amide bonds. The molecule has 0 bridgehead atoms. The van der Waals surface area contributed by atoms with Crippen molar-refractivity contribution in [1.29, 1.82) is 0 Å². The van der Waals surface area contributed by atoms with E-state index in [-0.39, 0.29) is 5.91 Å². The van der Waals surface area contributed by atoms with Crippen molar-refractivity contribution >= 4 is 5.91 Å². The molecule has 0 spiro atoms. The lowest BCUT2D eigenvalue weighted by atomic mass is 9.98. The van der Waals surface area contributed by atoms with Gasteiger partial charge in [-0.2, -0.15) is 0 Å². The van der Waals surface area contributed by atoms with Crippen molar-refractivity contribution in [2.45, 2.75) is 19.4 Å². The van der Waals surface area contributed by atoms with Gasteiger partial charge in [0.2, 0.25) is 0 Å². The van der Waals surface area contributed by atoms with Gasteiger partial charge in [0.15, 0.2) is 0 Å². The van der Waals surface area contributed by atoms with E-state index in [9.17, 15) is 4.79 Å². The third-order valence-corrected chi connectivity index (χ3v) is 5.29. The van der Waals surface area contributed by atoms with Gasteiger partial charge < -0.3 is 14.2 Å². The van der Waals surface area contributed by atoms with E-state index in [1.54, 1.807) is 0 Å². The van der Waals surface area contributed by atoms with Gasteiger partial charge in [0.1, 0.15) is 0 Å². The molecular weight excluding hydrogens is 348 g/mol. The minimum Gasteiger partial charge on any atom is -0.376 e. The van der Waals surface area contributed by atoms with E-state index in [2.05, 4.69) is 12.1 Å². The van der Waals surface area contributed by atoms with Gasteiger partial charge in [-0.25, -0.2) is 0 Å². The van der Waals surface area contributed by atoms with Gasteiger partial charge in [0.25, 0.3) is 5.91 Å². The topological polar surface area (TPSA) is 34.5 Å². The Labute approximate surface area is 166 Å². The van der Waals surface area contributed by atoms with Crippen LogP contribution in [0.4, 0.5) is 0 Å². The number of aromatic nitrogens is 1. The smallest absolute Gasteiger partial charge is 0.253 e. The number of carbonyl (C=O) groups excluding carboxylic acids is 1. The summed E-state index contributed by atoms with van der Waals surface area (Å²) in [7, 11) is 0. The highest BCUT2D eigenvalue weighted by Gasteiger charge is 2.24. The number of nitrogens with zero attached hydrogens (tertiary/aromatic N) is 2. The maximum atomic E-state index is 12.9. The van der Waals surface area contributed by atoms with Crippen LogP contribution in [0.15, 0.2) is 79.1 Å². The van der Waals surface area contributed by atoms with Crippen LogP contribution in [0.5, 0.6) is 0 Å². The first-order chi connectivity index (χ1) is 13.8. The normalized spacial score (nSPS) is 16.9. The Bertz CT molecular complexity index is 873. The molecule has 2 aromatic carbocycles. The molecule has 4 heteroatoms. The largest absolute Gasteiger partial charge is 0.376 e. The molecule has 144 valence electrons. The maximum absolute atomic E-state index is 12.9. The number of benzene rings is 2. The molecule has 3 aromatic rings. The van der Waals surface area contributed by atoms with Crippen LogP contribution in [0, 0.1) is 5.92 Å². The molecule has 1 aliphatic heterocycles. The quantitative estimate of drug-likeness (QED) is 0.634. The summed E-state index contributed by atoms with van der Waals surface area (Å²) in [6, 6.07) is 22.1. The van der Waals surface area contributed by atoms with Crippen LogP contribution in [-0.2, 0) is 11.3 Å². The van der Waals surface area contributed by atoms with E-state index in [4.69, 9.17) is 4.74 Å². The number of hydrogen-bond acceptors (Lipinski definition) is 2. The van der Waals surface area contributed by atoms with Crippen LogP contribution >= 0.6 is 0 Å². The molecule has 0 saturated carbocycles. The van der Waals surface area contributed by atoms with E-state index in [1.807, 2.05) is 76.5 Å². The maximum Gasteiger partial charge on any atom is 0.253 e. The third kappa shape index (κ3) is 4.52. The van der Waals surface area contributed by atoms with Crippen molar-refractivity contribution in [3.8, 4) is 5.69 Å². The van der Waals surface area contributed by atoms with Gasteiger partial charge in [-0.15, -0.1) is 0 Å². The molecule has 1 fully saturated rings. The fourth-order valence-corrected chi connectivity index (χ4v) is 3.77. The minimum absolute atomic E-state index is 0.117. The first kappa shape index (κ1) is 18.5. The van der Waals surface area contributed by atoms with E-state index in [0.717, 1.165) is 37.2 Å². The highest BCUT2D eigenvalue weighted by atomic mass is 16.5. The Balaban J connectivity index is 1.31. The number of likely N-dealkylation sites (tertiary alicyclic amines) is 1. The van der Waals surface area contributed by atoms with Gasteiger partial charge in [-0.1, -0.05) is 30.3 Å². The number of piperidine rings is 1. The van der Waals surface area contributed by atoms with E-state index in [1.165, 1.54) is 5.56 Å². The second-order valence-corrected chi connectivity index (χ2v) is 7.40. The number of hydrogen-bond donors (Lipinski definition) is 0. The average Bonchev–Trinajstić information content (AvgIpc) is 3.29. The van der Waals surface area contributed by atoms with Crippen LogP contribution in [0.1, 0.15) is 28.8 Å². The lowest BCUT2D eigenvalue weighted by Gasteiger charge is -2.32. The summed E-state index contributed by atoms with van der Waals surface area (Å²) in [4.78, 5) is 14.9. The predicted molar refractivity (Wildman–Crippen MR) is 110 cm³/mol. The van der Waals surface area contributed by atoms with Crippen molar-refractivity contribution in [3.05, 3.63) is 90.3 Å². The van der Waals surface area contributed by atoms with Crippen molar-refractivity contribution in [2.24, 2.45) is 5.92 Å². The summed E-state index contributed by atoms with van der Waals surface area (Å²) >= 11 is 0. The Hall–Kier alpha value is -2.85. The van der Waals surface area contributed by atoms with Gasteiger partial charge in [0.05, 0.1) is 13.2 Å². The molecule has 0 aliphatic carbocycles. The van der Waals surface area contributed by atoms with E-state index in [0.29, 0.717) is 19.1 Å². The molecule has 1 aromatic heterocycles. The van der Waals surface area contributed by atoms with Crippen LogP contribution in [0.3, 0.4) is 0 Å². The van der Waals surface area contributed by atoms with Crippen molar-refractivity contribution < 1.29 is 9.53 Å². The Morgan fingerprint density at radius 1 is 0.964 bits per heavy atom. The Kier molecular flexibility index (Phi) is 5.88. The summed E-state index contributed by atoms with van der Waals surface area (Å²) in [5.74, 6) is 0.521. The molecular formula is C24H26N2O2. The van der Waals surface area contributed by atoms with Crippen molar-refractivity contribution in [2.75, 3.05) is 19.7 Å². The lowest BCUT2D eigenvalue weighted by Crippen LogP contribution is -2.41. The van der Waals surface area contributed by atoms with Gasteiger partial charge in [0, 0.05) is 36.7 Å². The van der Waals surface area contributed by atoms with E-state index < -0.39 is 0 Å². The van der Waals surface area contributed by atoms with E-state index >= 15 is 0 Å². The zero-order valence-corrected chi connectivity index (χ0v) is 16.0. The molecule has 2 heterocycles. The summed E-state index contributed by atoms with van der Waals surface area (Å²) in [6.45, 7) is 2.93. The first-order valence-corrected chi connectivity index (χ1v) is 9.94. The number of rotatable bonds is 6. The first-order valence-electron chi connectivity index (χ1n) is 9.94. The molecule has 1 unspecified atom stereocenters. The Morgan fingerprint density at radius 3 is 2.46 bits per heavy atom. The summed E-state index contributed by atoms with van der Waals surface area (Å²) in [5.41, 5.74) is 3.00. The van der Waals surface area contributed by atoms with Gasteiger partial charge in [-0.3, -0.25) is 4.79 Å². The molecule has 4 nitrogen and oxygen atoms in total. The number of ether oxygens (including phenoxy) is 1. The second kappa shape index (κ2) is 8.89. The highest BCUT2D eigenvalue weighted by Crippen LogP contribution is 2.20. The molecule has 28 heavy (non-hydrogen) atoms. The minimum atomic E-state index is 0.117. The highest BCUT2D eigenvalue weighted by molar-refractivity contribution is 5.94. The Morgan fingerprint density at radius 2 is 1.71 bits per heavy atom. The predicted octanol–water partition coefficient (Wildman–Crippen LogP) is 4.55. The molecule has 1 atom stereocenters. The molecule has 1 aliphatic rings. The van der Waals surface area contributed by atoms with Gasteiger partial charge >= 0.3 is 0 Å². The zero-order chi connectivity index (χ0) is 19.2. The number of amides is 1. The van der Waals surface area contributed by atoms with Crippen molar-refractivity contribution in [3.63, 3.8) is 0 Å². The van der Waals surface area contributed by atoms with Crippen LogP contribution in [0.25, 0.3) is 5.69 Å². The average molecular weight is 374 g/mol. The summed E-state index contributed by atoms with van der Waals surface area (Å²) in [6.07, 6.45) is 6.15. The fraction of sp³-hybridized carbons (Fsp3) is 0.292. The number of carbonyl (C=O) groups is 1.